The summed E-state index contributed by atoms with van der Waals surface area (Å²) in [5, 5.41) is 1.11. The molecular formula is C20H27N3O2. The SMILES string of the molecule is CCCCC(=O)N1CCCN(C(=O)Cc2c[nH]c3ccccc23)CC1. The van der Waals surface area contributed by atoms with Gasteiger partial charge in [-0.3, -0.25) is 9.59 Å². The fraction of sp³-hybridized carbons (Fsp3) is 0.500. The predicted octanol–water partition coefficient (Wildman–Crippen LogP) is 2.96. The molecule has 1 aromatic carbocycles. The largest absolute Gasteiger partial charge is 0.361 e. The molecule has 0 radical (unpaired) electrons. The average molecular weight is 341 g/mol. The Morgan fingerprint density at radius 1 is 1.04 bits per heavy atom. The zero-order valence-electron chi connectivity index (χ0n) is 15.0. The van der Waals surface area contributed by atoms with Crippen LogP contribution >= 0.6 is 0 Å². The fourth-order valence-electron chi connectivity index (χ4n) is 3.45. The molecule has 1 aliphatic heterocycles. The van der Waals surface area contributed by atoms with Crippen LogP contribution in [0.25, 0.3) is 10.9 Å². The number of carbonyl (C=O) groups excluding carboxylic acids is 2. The van der Waals surface area contributed by atoms with Crippen molar-refractivity contribution in [1.82, 2.24) is 14.8 Å². The minimum atomic E-state index is 0.146. The molecule has 0 saturated carbocycles. The molecule has 0 atom stereocenters. The predicted molar refractivity (Wildman–Crippen MR) is 99.3 cm³/mol. The van der Waals surface area contributed by atoms with Gasteiger partial charge in [0.25, 0.3) is 0 Å². The van der Waals surface area contributed by atoms with E-state index in [1.807, 2.05) is 40.3 Å². The lowest BCUT2D eigenvalue weighted by Gasteiger charge is -2.22. The van der Waals surface area contributed by atoms with Crippen molar-refractivity contribution in [3.8, 4) is 0 Å². The molecule has 5 nitrogen and oxygen atoms in total. The van der Waals surface area contributed by atoms with E-state index in [0.29, 0.717) is 25.9 Å². The normalized spacial score (nSPS) is 15.4. The monoisotopic (exact) mass is 341 g/mol. The third-order valence-corrected chi connectivity index (χ3v) is 4.96. The molecule has 0 aliphatic carbocycles. The van der Waals surface area contributed by atoms with Gasteiger partial charge in [0.05, 0.1) is 6.42 Å². The van der Waals surface area contributed by atoms with Crippen LogP contribution in [0.3, 0.4) is 0 Å². The molecule has 134 valence electrons. The van der Waals surface area contributed by atoms with Crippen molar-refractivity contribution < 1.29 is 9.59 Å². The maximum atomic E-state index is 12.7. The fourth-order valence-corrected chi connectivity index (χ4v) is 3.45. The summed E-state index contributed by atoms with van der Waals surface area (Å²) in [6.07, 6.45) is 5.80. The number of para-hydroxylation sites is 1. The summed E-state index contributed by atoms with van der Waals surface area (Å²) in [6, 6.07) is 8.05. The molecule has 2 amide bonds. The lowest BCUT2D eigenvalue weighted by atomic mass is 10.1. The van der Waals surface area contributed by atoms with Crippen LogP contribution in [-0.2, 0) is 16.0 Å². The quantitative estimate of drug-likeness (QED) is 0.909. The van der Waals surface area contributed by atoms with Gasteiger partial charge in [-0.25, -0.2) is 0 Å². The number of benzene rings is 1. The van der Waals surface area contributed by atoms with Crippen molar-refractivity contribution >= 4 is 22.7 Å². The average Bonchev–Trinajstić information content (AvgIpc) is 2.87. The lowest BCUT2D eigenvalue weighted by Crippen LogP contribution is -2.37. The van der Waals surface area contributed by atoms with Gasteiger partial charge in [-0.2, -0.15) is 0 Å². The Labute approximate surface area is 149 Å². The van der Waals surface area contributed by atoms with Crippen LogP contribution in [0, 0.1) is 0 Å². The van der Waals surface area contributed by atoms with E-state index in [2.05, 4.69) is 11.9 Å². The van der Waals surface area contributed by atoms with Gasteiger partial charge in [0, 0.05) is 49.7 Å². The molecule has 3 rings (SSSR count). The highest BCUT2D eigenvalue weighted by Gasteiger charge is 2.22. The minimum absolute atomic E-state index is 0.146. The summed E-state index contributed by atoms with van der Waals surface area (Å²) in [5.74, 6) is 0.375. The van der Waals surface area contributed by atoms with E-state index in [4.69, 9.17) is 0 Å². The smallest absolute Gasteiger partial charge is 0.227 e. The second kappa shape index (κ2) is 8.19. The summed E-state index contributed by atoms with van der Waals surface area (Å²) in [7, 11) is 0. The molecule has 25 heavy (non-hydrogen) atoms. The van der Waals surface area contributed by atoms with Gasteiger partial charge in [0.1, 0.15) is 0 Å². The summed E-state index contributed by atoms with van der Waals surface area (Å²) in [6.45, 7) is 4.89. The van der Waals surface area contributed by atoms with Crippen LogP contribution in [0.4, 0.5) is 0 Å². The number of unbranched alkanes of at least 4 members (excludes halogenated alkanes) is 1. The van der Waals surface area contributed by atoms with E-state index in [0.717, 1.165) is 48.8 Å². The highest BCUT2D eigenvalue weighted by Crippen LogP contribution is 2.19. The summed E-state index contributed by atoms with van der Waals surface area (Å²) in [5.41, 5.74) is 2.11. The van der Waals surface area contributed by atoms with Crippen LogP contribution in [0.5, 0.6) is 0 Å². The number of hydrogen-bond acceptors (Lipinski definition) is 2. The number of fused-ring (bicyclic) bond motifs is 1. The Bertz CT molecular complexity index is 737. The first-order valence-corrected chi connectivity index (χ1v) is 9.29. The number of nitrogens with one attached hydrogen (secondary N) is 1. The highest BCUT2D eigenvalue weighted by molar-refractivity contribution is 5.89. The van der Waals surface area contributed by atoms with Crippen molar-refractivity contribution in [1.29, 1.82) is 0 Å². The van der Waals surface area contributed by atoms with Gasteiger partial charge in [-0.1, -0.05) is 31.5 Å². The second-order valence-electron chi connectivity index (χ2n) is 6.75. The molecule has 0 unspecified atom stereocenters. The van der Waals surface area contributed by atoms with E-state index in [9.17, 15) is 9.59 Å². The molecule has 0 bridgehead atoms. The minimum Gasteiger partial charge on any atom is -0.361 e. The van der Waals surface area contributed by atoms with Crippen LogP contribution < -0.4 is 0 Å². The van der Waals surface area contributed by atoms with Gasteiger partial charge in [0.15, 0.2) is 0 Å². The Morgan fingerprint density at radius 3 is 2.52 bits per heavy atom. The number of amides is 2. The van der Waals surface area contributed by atoms with Gasteiger partial charge >= 0.3 is 0 Å². The Hall–Kier alpha value is -2.30. The van der Waals surface area contributed by atoms with Crippen molar-refractivity contribution in [3.63, 3.8) is 0 Å². The number of aromatic nitrogens is 1. The molecule has 5 heteroatoms. The van der Waals surface area contributed by atoms with Crippen LogP contribution in [0.2, 0.25) is 0 Å². The van der Waals surface area contributed by atoms with Gasteiger partial charge in [-0.15, -0.1) is 0 Å². The maximum Gasteiger partial charge on any atom is 0.227 e. The number of H-pyrrole nitrogens is 1. The first kappa shape index (κ1) is 17.5. The van der Waals surface area contributed by atoms with E-state index >= 15 is 0 Å². The molecule has 1 saturated heterocycles. The van der Waals surface area contributed by atoms with E-state index < -0.39 is 0 Å². The van der Waals surface area contributed by atoms with Gasteiger partial charge in [0.2, 0.25) is 11.8 Å². The third-order valence-electron chi connectivity index (χ3n) is 4.96. The van der Waals surface area contributed by atoms with Gasteiger partial charge < -0.3 is 14.8 Å². The number of hydrogen-bond donors (Lipinski definition) is 1. The zero-order chi connectivity index (χ0) is 17.6. The lowest BCUT2D eigenvalue weighted by molar-refractivity contribution is -0.133. The van der Waals surface area contributed by atoms with Gasteiger partial charge in [-0.05, 0) is 24.5 Å². The van der Waals surface area contributed by atoms with E-state index in [-0.39, 0.29) is 11.8 Å². The maximum absolute atomic E-state index is 12.7. The number of aromatic amines is 1. The van der Waals surface area contributed by atoms with Crippen LogP contribution in [0.1, 0.15) is 38.2 Å². The van der Waals surface area contributed by atoms with E-state index in [1.165, 1.54) is 0 Å². The Kier molecular flexibility index (Phi) is 5.74. The zero-order valence-corrected chi connectivity index (χ0v) is 15.0. The first-order valence-electron chi connectivity index (χ1n) is 9.29. The molecule has 1 N–H and O–H groups in total. The molecule has 2 heterocycles. The third kappa shape index (κ3) is 4.21. The molecule has 0 spiro atoms. The van der Waals surface area contributed by atoms with E-state index in [1.54, 1.807) is 0 Å². The topological polar surface area (TPSA) is 56.4 Å². The summed E-state index contributed by atoms with van der Waals surface area (Å²) < 4.78 is 0. The molecule has 1 aliphatic rings. The van der Waals surface area contributed by atoms with Crippen molar-refractivity contribution in [2.24, 2.45) is 0 Å². The van der Waals surface area contributed by atoms with Crippen molar-refractivity contribution in [2.75, 3.05) is 26.2 Å². The molecule has 2 aromatic rings. The summed E-state index contributed by atoms with van der Waals surface area (Å²) in [4.78, 5) is 32.0. The van der Waals surface area contributed by atoms with Crippen molar-refractivity contribution in [3.05, 3.63) is 36.0 Å². The molecule has 1 fully saturated rings. The Balaban J connectivity index is 1.59. The molecule has 1 aromatic heterocycles. The molecular weight excluding hydrogens is 314 g/mol. The Morgan fingerprint density at radius 2 is 1.76 bits per heavy atom. The van der Waals surface area contributed by atoms with Crippen LogP contribution in [0.15, 0.2) is 30.5 Å². The van der Waals surface area contributed by atoms with Crippen LogP contribution in [-0.4, -0.2) is 52.8 Å². The summed E-state index contributed by atoms with van der Waals surface area (Å²) >= 11 is 0. The highest BCUT2D eigenvalue weighted by atomic mass is 16.2. The second-order valence-corrected chi connectivity index (χ2v) is 6.75. The number of rotatable bonds is 5. The number of nitrogens with zero attached hydrogens (tertiary/aromatic N) is 2. The van der Waals surface area contributed by atoms with Crippen molar-refractivity contribution in [2.45, 2.75) is 39.0 Å². The first-order chi connectivity index (χ1) is 12.2. The number of carbonyl (C=O) groups is 2. The standard InChI is InChI=1S/C20H27N3O2/c1-2-3-9-19(24)22-10-6-11-23(13-12-22)20(25)14-16-15-21-18-8-5-4-7-17(16)18/h4-5,7-8,15,21H,2-3,6,9-14H2,1H3.